The topological polar surface area (TPSA) is 71.1 Å². The zero-order valence-corrected chi connectivity index (χ0v) is 19.5. The van der Waals surface area contributed by atoms with Crippen molar-refractivity contribution in [2.24, 2.45) is 0 Å². The third-order valence-electron chi connectivity index (χ3n) is 5.68. The molecule has 31 heavy (non-hydrogen) atoms. The van der Waals surface area contributed by atoms with E-state index in [0.29, 0.717) is 12.3 Å². The summed E-state index contributed by atoms with van der Waals surface area (Å²) in [6, 6.07) is 13.5. The summed E-state index contributed by atoms with van der Waals surface area (Å²) in [5.41, 5.74) is 2.17. The van der Waals surface area contributed by atoms with Crippen molar-refractivity contribution in [1.82, 2.24) is 9.62 Å². The summed E-state index contributed by atoms with van der Waals surface area (Å²) in [6.45, 7) is 7.11. The van der Waals surface area contributed by atoms with E-state index < -0.39 is 10.0 Å². The molecule has 0 saturated carbocycles. The van der Waals surface area contributed by atoms with E-state index in [2.05, 4.69) is 26.7 Å². The lowest BCUT2D eigenvalue weighted by Crippen LogP contribution is -2.47. The number of aryl methyl sites for hydroxylation is 1. The molecule has 1 aliphatic rings. The maximum absolute atomic E-state index is 12.8. The van der Waals surface area contributed by atoms with Crippen LogP contribution in [0.1, 0.15) is 18.9 Å². The quantitative estimate of drug-likeness (QED) is 0.565. The van der Waals surface area contributed by atoms with Crippen molar-refractivity contribution in [3.05, 3.63) is 48.0 Å². The molecule has 1 N–H and O–H groups in total. The van der Waals surface area contributed by atoms with E-state index >= 15 is 0 Å². The normalized spacial score (nSPS) is 15.1. The first kappa shape index (κ1) is 23.4. The predicted molar refractivity (Wildman–Crippen MR) is 124 cm³/mol. The number of benzene rings is 2. The van der Waals surface area contributed by atoms with Crippen molar-refractivity contribution in [3.63, 3.8) is 0 Å². The lowest BCUT2D eigenvalue weighted by molar-refractivity contribution is 0.255. The molecule has 170 valence electrons. The molecule has 0 aliphatic carbocycles. The van der Waals surface area contributed by atoms with Gasteiger partial charge in [-0.1, -0.05) is 13.0 Å². The number of hydrogen-bond donors (Lipinski definition) is 1. The van der Waals surface area contributed by atoms with Crippen molar-refractivity contribution < 1.29 is 17.9 Å². The van der Waals surface area contributed by atoms with Crippen LogP contribution in [0, 0.1) is 0 Å². The van der Waals surface area contributed by atoms with Crippen LogP contribution in [0.2, 0.25) is 0 Å². The van der Waals surface area contributed by atoms with Gasteiger partial charge in [0.2, 0.25) is 10.0 Å². The molecule has 1 aliphatic heterocycles. The van der Waals surface area contributed by atoms with Gasteiger partial charge in [-0.3, -0.25) is 4.90 Å². The minimum Gasteiger partial charge on any atom is -0.497 e. The summed E-state index contributed by atoms with van der Waals surface area (Å²) in [7, 11) is -0.436. The average molecular weight is 448 g/mol. The number of ether oxygens (including phenoxy) is 2. The van der Waals surface area contributed by atoms with Crippen molar-refractivity contribution in [2.45, 2.75) is 24.7 Å². The molecule has 0 spiro atoms. The second-order valence-electron chi connectivity index (χ2n) is 7.62. The molecule has 0 bridgehead atoms. The minimum atomic E-state index is -3.60. The van der Waals surface area contributed by atoms with Crippen molar-refractivity contribution in [1.29, 1.82) is 0 Å². The van der Waals surface area contributed by atoms with Crippen molar-refractivity contribution in [3.8, 4) is 11.5 Å². The van der Waals surface area contributed by atoms with Crippen LogP contribution in [-0.4, -0.2) is 66.8 Å². The van der Waals surface area contributed by atoms with Gasteiger partial charge >= 0.3 is 0 Å². The summed E-state index contributed by atoms with van der Waals surface area (Å²) in [5, 5.41) is 0. The zero-order chi connectivity index (χ0) is 22.3. The second-order valence-corrected chi connectivity index (χ2v) is 9.35. The highest BCUT2D eigenvalue weighted by Gasteiger charge is 2.20. The van der Waals surface area contributed by atoms with Crippen LogP contribution in [0.4, 0.5) is 5.69 Å². The number of anilines is 1. The Morgan fingerprint density at radius 3 is 2.29 bits per heavy atom. The first-order valence-corrected chi connectivity index (χ1v) is 12.2. The van der Waals surface area contributed by atoms with Crippen LogP contribution in [0.3, 0.4) is 0 Å². The number of piperazine rings is 1. The molecule has 0 radical (unpaired) electrons. The highest BCUT2D eigenvalue weighted by atomic mass is 32.2. The highest BCUT2D eigenvalue weighted by Crippen LogP contribution is 2.25. The lowest BCUT2D eigenvalue weighted by Gasteiger charge is -2.36. The molecule has 0 unspecified atom stereocenters. The number of nitrogens with one attached hydrogen (secondary N) is 1. The van der Waals surface area contributed by atoms with Gasteiger partial charge in [0.25, 0.3) is 0 Å². The fourth-order valence-corrected chi connectivity index (χ4v) is 5.05. The molecule has 1 saturated heterocycles. The van der Waals surface area contributed by atoms with Crippen LogP contribution in [-0.2, 0) is 16.4 Å². The third-order valence-corrected chi connectivity index (χ3v) is 7.16. The summed E-state index contributed by atoms with van der Waals surface area (Å²) in [6.07, 6.45) is 1.53. The molecular formula is C23H33N3O4S. The largest absolute Gasteiger partial charge is 0.497 e. The Morgan fingerprint density at radius 1 is 0.968 bits per heavy atom. The van der Waals surface area contributed by atoms with Gasteiger partial charge in [0, 0.05) is 38.4 Å². The standard InChI is InChI=1S/C23H33N3O4S/c1-4-19-6-11-22(30-3)23(18-19)31(27,28)24-12-5-13-25-14-16-26(17-15-25)20-7-9-21(29-2)10-8-20/h6-11,18,24H,4-5,12-17H2,1-3H3. The Hall–Kier alpha value is -2.29. The molecule has 8 heteroatoms. The third kappa shape index (κ3) is 6.12. The fourth-order valence-electron chi connectivity index (χ4n) is 3.76. The van der Waals surface area contributed by atoms with Gasteiger partial charge in [0.15, 0.2) is 0 Å². The Balaban J connectivity index is 1.45. The van der Waals surface area contributed by atoms with Gasteiger partial charge in [0.1, 0.15) is 16.4 Å². The number of rotatable bonds is 10. The van der Waals surface area contributed by atoms with Crippen molar-refractivity contribution >= 4 is 15.7 Å². The zero-order valence-electron chi connectivity index (χ0n) is 18.6. The Labute approximate surface area is 186 Å². The maximum atomic E-state index is 12.8. The molecule has 1 fully saturated rings. The van der Waals surface area contributed by atoms with E-state index in [1.54, 1.807) is 19.2 Å². The average Bonchev–Trinajstić information content (AvgIpc) is 2.82. The maximum Gasteiger partial charge on any atom is 0.244 e. The van der Waals surface area contributed by atoms with Gasteiger partial charge in [-0.2, -0.15) is 0 Å². The number of hydrogen-bond acceptors (Lipinski definition) is 6. The van der Waals surface area contributed by atoms with E-state index in [-0.39, 0.29) is 4.90 Å². The van der Waals surface area contributed by atoms with Gasteiger partial charge in [-0.05, 0) is 61.3 Å². The van der Waals surface area contributed by atoms with Gasteiger partial charge in [-0.15, -0.1) is 0 Å². The van der Waals surface area contributed by atoms with Crippen LogP contribution in [0.5, 0.6) is 11.5 Å². The fraction of sp³-hybridized carbons (Fsp3) is 0.478. The molecule has 3 rings (SSSR count). The molecule has 0 amide bonds. The first-order chi connectivity index (χ1) is 15.0. The second kappa shape index (κ2) is 10.8. The first-order valence-electron chi connectivity index (χ1n) is 10.7. The molecule has 0 aromatic heterocycles. The van der Waals surface area contributed by atoms with Gasteiger partial charge in [0.05, 0.1) is 14.2 Å². The van der Waals surface area contributed by atoms with E-state index in [0.717, 1.165) is 56.9 Å². The summed E-state index contributed by atoms with van der Waals surface area (Å²) < 4.78 is 38.7. The summed E-state index contributed by atoms with van der Waals surface area (Å²) in [4.78, 5) is 4.96. The predicted octanol–water partition coefficient (Wildman–Crippen LogP) is 2.76. The van der Waals surface area contributed by atoms with Crippen LogP contribution in [0.25, 0.3) is 0 Å². The van der Waals surface area contributed by atoms with E-state index in [4.69, 9.17) is 9.47 Å². The lowest BCUT2D eigenvalue weighted by atomic mass is 10.2. The van der Waals surface area contributed by atoms with E-state index in [1.165, 1.54) is 12.8 Å². The van der Waals surface area contributed by atoms with Crippen LogP contribution in [0.15, 0.2) is 47.4 Å². The molecular weight excluding hydrogens is 414 g/mol. The SMILES string of the molecule is CCc1ccc(OC)c(S(=O)(=O)NCCCN2CCN(c3ccc(OC)cc3)CC2)c1. The van der Waals surface area contributed by atoms with Gasteiger partial charge < -0.3 is 14.4 Å². The Morgan fingerprint density at radius 2 is 1.68 bits per heavy atom. The van der Waals surface area contributed by atoms with Crippen LogP contribution < -0.4 is 19.1 Å². The van der Waals surface area contributed by atoms with E-state index in [1.807, 2.05) is 25.1 Å². The van der Waals surface area contributed by atoms with E-state index in [9.17, 15) is 8.42 Å². The number of nitrogens with zero attached hydrogens (tertiary/aromatic N) is 2. The highest BCUT2D eigenvalue weighted by molar-refractivity contribution is 7.89. The Kier molecular flexibility index (Phi) is 8.17. The molecule has 1 heterocycles. The van der Waals surface area contributed by atoms with Crippen molar-refractivity contribution in [2.75, 3.05) is 58.4 Å². The number of methoxy groups -OCH3 is 2. The molecule has 7 nitrogen and oxygen atoms in total. The summed E-state index contributed by atoms with van der Waals surface area (Å²) >= 11 is 0. The van der Waals surface area contributed by atoms with Crippen LogP contribution >= 0.6 is 0 Å². The monoisotopic (exact) mass is 447 g/mol. The molecule has 2 aromatic rings. The smallest absolute Gasteiger partial charge is 0.244 e. The minimum absolute atomic E-state index is 0.211. The Bertz CT molecular complexity index is 940. The summed E-state index contributed by atoms with van der Waals surface area (Å²) in [5.74, 6) is 1.24. The molecule has 0 atom stereocenters. The number of sulfonamides is 1. The molecule has 2 aromatic carbocycles. The van der Waals surface area contributed by atoms with Gasteiger partial charge in [-0.25, -0.2) is 13.1 Å².